The molecule has 1 fully saturated rings. The van der Waals surface area contributed by atoms with Crippen LogP contribution >= 0.6 is 0 Å². The summed E-state index contributed by atoms with van der Waals surface area (Å²) in [6.45, 7) is 9.34. The van der Waals surface area contributed by atoms with Crippen LogP contribution in [0.4, 0.5) is 0 Å². The van der Waals surface area contributed by atoms with Crippen LogP contribution in [0.15, 0.2) is 35.2 Å². The van der Waals surface area contributed by atoms with E-state index in [4.69, 9.17) is 9.47 Å². The molecular formula is C22H31N2O4S+. The highest BCUT2D eigenvalue weighted by Crippen LogP contribution is 2.30. The Morgan fingerprint density at radius 2 is 1.55 bits per heavy atom. The van der Waals surface area contributed by atoms with Crippen molar-refractivity contribution in [3.63, 3.8) is 0 Å². The fourth-order valence-electron chi connectivity index (χ4n) is 3.93. The van der Waals surface area contributed by atoms with Crippen LogP contribution in [0.2, 0.25) is 0 Å². The third kappa shape index (κ3) is 4.57. The van der Waals surface area contributed by atoms with E-state index in [1.165, 1.54) is 10.5 Å². The van der Waals surface area contributed by atoms with E-state index in [9.17, 15) is 8.42 Å². The third-order valence-corrected chi connectivity index (χ3v) is 7.72. The number of rotatable bonds is 6. The van der Waals surface area contributed by atoms with Crippen LogP contribution in [-0.2, 0) is 16.6 Å². The molecule has 1 aliphatic heterocycles. The lowest BCUT2D eigenvalue weighted by atomic mass is 10.1. The molecule has 0 bridgehead atoms. The Balaban J connectivity index is 1.69. The van der Waals surface area contributed by atoms with E-state index >= 15 is 0 Å². The first-order valence-corrected chi connectivity index (χ1v) is 11.3. The van der Waals surface area contributed by atoms with Crippen LogP contribution in [0.5, 0.6) is 11.5 Å². The van der Waals surface area contributed by atoms with Crippen molar-refractivity contribution in [2.24, 2.45) is 0 Å². The van der Waals surface area contributed by atoms with Gasteiger partial charge in [0.2, 0.25) is 10.0 Å². The van der Waals surface area contributed by atoms with E-state index in [1.807, 2.05) is 38.1 Å². The molecule has 0 unspecified atom stereocenters. The molecule has 2 aromatic rings. The highest BCUT2D eigenvalue weighted by atomic mass is 32.2. The van der Waals surface area contributed by atoms with Crippen molar-refractivity contribution in [2.45, 2.75) is 32.2 Å². The Morgan fingerprint density at radius 1 is 0.931 bits per heavy atom. The zero-order chi connectivity index (χ0) is 21.2. The van der Waals surface area contributed by atoms with Crippen molar-refractivity contribution in [2.75, 3.05) is 40.4 Å². The molecule has 3 rings (SSSR count). The Morgan fingerprint density at radius 3 is 2.14 bits per heavy atom. The number of quaternary nitrogens is 1. The van der Waals surface area contributed by atoms with Crippen molar-refractivity contribution in [3.8, 4) is 11.5 Å². The minimum atomic E-state index is -3.45. The average Bonchev–Trinajstić information content (AvgIpc) is 2.69. The number of nitrogens with one attached hydrogen (secondary N) is 1. The summed E-state index contributed by atoms with van der Waals surface area (Å²) in [5.41, 5.74) is 4.23. The number of benzene rings is 2. The summed E-state index contributed by atoms with van der Waals surface area (Å²) < 4.78 is 38.6. The van der Waals surface area contributed by atoms with Crippen molar-refractivity contribution in [3.05, 3.63) is 52.6 Å². The van der Waals surface area contributed by atoms with Gasteiger partial charge in [-0.2, -0.15) is 4.31 Å². The summed E-state index contributed by atoms with van der Waals surface area (Å²) >= 11 is 0. The van der Waals surface area contributed by atoms with Gasteiger partial charge in [-0.15, -0.1) is 0 Å². The molecule has 2 aromatic carbocycles. The van der Waals surface area contributed by atoms with Crippen molar-refractivity contribution < 1.29 is 22.8 Å². The minimum absolute atomic E-state index is 0.419. The maximum Gasteiger partial charge on any atom is 0.243 e. The number of hydrogen-bond acceptors (Lipinski definition) is 4. The predicted molar refractivity (Wildman–Crippen MR) is 113 cm³/mol. The van der Waals surface area contributed by atoms with E-state index < -0.39 is 10.0 Å². The van der Waals surface area contributed by atoms with Gasteiger partial charge in [-0.25, -0.2) is 8.42 Å². The molecule has 1 N–H and O–H groups in total. The molecule has 0 spiro atoms. The summed E-state index contributed by atoms with van der Waals surface area (Å²) in [6, 6.07) is 9.54. The van der Waals surface area contributed by atoms with Gasteiger partial charge in [0.1, 0.15) is 6.54 Å². The Bertz CT molecular complexity index is 981. The third-order valence-electron chi connectivity index (χ3n) is 5.66. The van der Waals surface area contributed by atoms with Crippen LogP contribution in [0, 0.1) is 20.8 Å². The highest BCUT2D eigenvalue weighted by molar-refractivity contribution is 7.89. The fourth-order valence-corrected chi connectivity index (χ4v) is 5.58. The van der Waals surface area contributed by atoms with Gasteiger partial charge < -0.3 is 14.4 Å². The summed E-state index contributed by atoms with van der Waals surface area (Å²) in [5.74, 6) is 1.46. The normalized spacial score (nSPS) is 16.0. The topological polar surface area (TPSA) is 60.3 Å². The number of nitrogens with zero attached hydrogens (tertiary/aromatic N) is 1. The zero-order valence-electron chi connectivity index (χ0n) is 17.9. The molecule has 1 saturated heterocycles. The van der Waals surface area contributed by atoms with Crippen molar-refractivity contribution in [1.82, 2.24) is 4.31 Å². The monoisotopic (exact) mass is 419 g/mol. The van der Waals surface area contributed by atoms with Gasteiger partial charge in [0.05, 0.1) is 45.3 Å². The van der Waals surface area contributed by atoms with E-state index in [2.05, 4.69) is 6.92 Å². The van der Waals surface area contributed by atoms with Crippen LogP contribution in [-0.4, -0.2) is 53.1 Å². The van der Waals surface area contributed by atoms with E-state index in [1.54, 1.807) is 24.6 Å². The summed E-state index contributed by atoms with van der Waals surface area (Å²) in [7, 11) is -0.174. The fraction of sp³-hybridized carbons (Fsp3) is 0.455. The molecule has 0 aliphatic carbocycles. The first-order valence-electron chi connectivity index (χ1n) is 9.88. The molecule has 0 radical (unpaired) electrons. The van der Waals surface area contributed by atoms with Crippen LogP contribution in [0.1, 0.15) is 22.3 Å². The number of aryl methyl sites for hydroxylation is 3. The van der Waals surface area contributed by atoms with E-state index in [0.717, 1.165) is 47.8 Å². The molecular weight excluding hydrogens is 388 g/mol. The van der Waals surface area contributed by atoms with Gasteiger partial charge in [-0.05, 0) is 50.1 Å². The molecule has 1 aliphatic rings. The van der Waals surface area contributed by atoms with Crippen LogP contribution < -0.4 is 14.4 Å². The number of methoxy groups -OCH3 is 2. The number of hydrogen-bond donors (Lipinski definition) is 1. The average molecular weight is 420 g/mol. The van der Waals surface area contributed by atoms with Crippen molar-refractivity contribution in [1.29, 1.82) is 0 Å². The van der Waals surface area contributed by atoms with E-state index in [-0.39, 0.29) is 0 Å². The predicted octanol–water partition coefficient (Wildman–Crippen LogP) is 1.72. The summed E-state index contributed by atoms with van der Waals surface area (Å²) in [5, 5.41) is 0. The van der Waals surface area contributed by atoms with Gasteiger partial charge in [-0.1, -0.05) is 17.7 Å². The van der Waals surface area contributed by atoms with Crippen LogP contribution in [0.3, 0.4) is 0 Å². The SMILES string of the molecule is COc1cc(C)c(C[NH+]2CCN(S(=O)(=O)c3ccc(C)cc3C)CC2)cc1OC. The van der Waals surface area contributed by atoms with Gasteiger partial charge in [0, 0.05) is 5.56 Å². The maximum atomic E-state index is 13.1. The first-order chi connectivity index (χ1) is 13.8. The Hall–Kier alpha value is -2.09. The van der Waals surface area contributed by atoms with Gasteiger partial charge in [-0.3, -0.25) is 0 Å². The zero-order valence-corrected chi connectivity index (χ0v) is 18.7. The summed E-state index contributed by atoms with van der Waals surface area (Å²) in [6.07, 6.45) is 0. The first kappa shape index (κ1) is 21.6. The maximum absolute atomic E-state index is 13.1. The van der Waals surface area contributed by atoms with E-state index in [0.29, 0.717) is 18.0 Å². The molecule has 6 nitrogen and oxygen atoms in total. The lowest BCUT2D eigenvalue weighted by Crippen LogP contribution is -3.13. The van der Waals surface area contributed by atoms with Gasteiger partial charge >= 0.3 is 0 Å². The Labute approximate surface area is 174 Å². The molecule has 7 heteroatoms. The number of ether oxygens (including phenoxy) is 2. The quantitative estimate of drug-likeness (QED) is 0.775. The van der Waals surface area contributed by atoms with Crippen LogP contribution in [0.25, 0.3) is 0 Å². The lowest BCUT2D eigenvalue weighted by Gasteiger charge is -2.32. The molecule has 29 heavy (non-hydrogen) atoms. The lowest BCUT2D eigenvalue weighted by molar-refractivity contribution is -0.917. The molecule has 0 saturated carbocycles. The molecule has 0 aromatic heterocycles. The second-order valence-electron chi connectivity index (χ2n) is 7.73. The minimum Gasteiger partial charge on any atom is -0.493 e. The molecule has 0 amide bonds. The van der Waals surface area contributed by atoms with Gasteiger partial charge in [0.15, 0.2) is 11.5 Å². The number of sulfonamides is 1. The van der Waals surface area contributed by atoms with Gasteiger partial charge in [0.25, 0.3) is 0 Å². The Kier molecular flexibility index (Phi) is 6.51. The largest absolute Gasteiger partial charge is 0.493 e. The highest BCUT2D eigenvalue weighted by Gasteiger charge is 2.31. The summed E-state index contributed by atoms with van der Waals surface area (Å²) in [4.78, 5) is 1.79. The van der Waals surface area contributed by atoms with Crippen molar-refractivity contribution >= 4 is 10.0 Å². The molecule has 1 heterocycles. The number of piperazine rings is 1. The second kappa shape index (κ2) is 8.73. The second-order valence-corrected chi connectivity index (χ2v) is 9.64. The smallest absolute Gasteiger partial charge is 0.243 e. The molecule has 0 atom stereocenters. The molecule has 158 valence electrons. The standard InChI is InChI=1S/C22H30N2O4S/c1-16-6-7-22(18(3)12-16)29(25,26)24-10-8-23(9-11-24)15-19-14-21(28-5)20(27-4)13-17(19)2/h6-7,12-14H,8-11,15H2,1-5H3/p+1.